The summed E-state index contributed by atoms with van der Waals surface area (Å²) in [5.74, 6) is 0.667. The lowest BCUT2D eigenvalue weighted by Gasteiger charge is -2.32. The van der Waals surface area contributed by atoms with E-state index in [-0.39, 0.29) is 17.6 Å². The number of aryl methyl sites for hydroxylation is 1. The number of carbonyl (C=O) groups is 1. The number of piperidine rings is 1. The van der Waals surface area contributed by atoms with Crippen molar-refractivity contribution in [3.8, 4) is 5.69 Å². The highest BCUT2D eigenvalue weighted by Gasteiger charge is 2.29. The third-order valence-electron chi connectivity index (χ3n) is 5.17. The molecule has 2 aromatic carbocycles. The SMILES string of the molecule is Cc1ccccc1NC(=O)N1CCC[C@@H](c2n[nH]c(=O)n2-c2ccccc2)C1. The first kappa shape index (κ1) is 18.0. The van der Waals surface area contributed by atoms with Crippen molar-refractivity contribution in [1.82, 2.24) is 19.7 Å². The Morgan fingerprint density at radius 3 is 2.68 bits per heavy atom. The number of likely N-dealkylation sites (tertiary alicyclic amines) is 1. The molecule has 1 atom stereocenters. The Balaban J connectivity index is 1.54. The van der Waals surface area contributed by atoms with Crippen LogP contribution < -0.4 is 11.0 Å². The minimum absolute atomic E-state index is 0.00414. The van der Waals surface area contributed by atoms with Gasteiger partial charge in [-0.1, -0.05) is 36.4 Å². The maximum Gasteiger partial charge on any atom is 0.347 e. The first-order valence-corrected chi connectivity index (χ1v) is 9.48. The van der Waals surface area contributed by atoms with Crippen LogP contribution in [-0.2, 0) is 0 Å². The number of nitrogens with one attached hydrogen (secondary N) is 2. The predicted octanol–water partition coefficient (Wildman–Crippen LogP) is 3.28. The number of benzene rings is 2. The van der Waals surface area contributed by atoms with Crippen LogP contribution in [0.5, 0.6) is 0 Å². The van der Waals surface area contributed by atoms with Gasteiger partial charge in [-0.15, -0.1) is 0 Å². The number of aromatic nitrogens is 3. The summed E-state index contributed by atoms with van der Waals surface area (Å²) in [6, 6.07) is 17.1. The Morgan fingerprint density at radius 1 is 1.14 bits per heavy atom. The van der Waals surface area contributed by atoms with Gasteiger partial charge >= 0.3 is 11.7 Å². The standard InChI is InChI=1S/C21H23N5O2/c1-15-8-5-6-12-18(15)22-20(27)25-13-7-9-16(14-25)19-23-24-21(28)26(19)17-10-3-2-4-11-17/h2-6,8,10-12,16H,7,9,13-14H2,1H3,(H,22,27)(H,24,28)/t16-/m1/s1. The number of hydrogen-bond acceptors (Lipinski definition) is 3. The number of hydrogen-bond donors (Lipinski definition) is 2. The summed E-state index contributed by atoms with van der Waals surface area (Å²) >= 11 is 0. The van der Waals surface area contributed by atoms with E-state index < -0.39 is 0 Å². The van der Waals surface area contributed by atoms with Crippen LogP contribution >= 0.6 is 0 Å². The third kappa shape index (κ3) is 3.55. The van der Waals surface area contributed by atoms with Crippen LogP contribution in [-0.4, -0.2) is 38.8 Å². The fourth-order valence-electron chi connectivity index (χ4n) is 3.69. The summed E-state index contributed by atoms with van der Waals surface area (Å²) in [5, 5.41) is 9.83. The molecule has 1 fully saturated rings. The summed E-state index contributed by atoms with van der Waals surface area (Å²) in [7, 11) is 0. The van der Waals surface area contributed by atoms with E-state index in [0.717, 1.165) is 29.8 Å². The van der Waals surface area contributed by atoms with E-state index in [0.29, 0.717) is 18.9 Å². The lowest BCUT2D eigenvalue weighted by Crippen LogP contribution is -2.42. The number of nitrogens with zero attached hydrogens (tertiary/aromatic N) is 3. The van der Waals surface area contributed by atoms with E-state index in [1.807, 2.05) is 61.5 Å². The molecule has 1 saturated heterocycles. The highest BCUT2D eigenvalue weighted by Crippen LogP contribution is 2.27. The number of anilines is 1. The van der Waals surface area contributed by atoms with Crippen LogP contribution in [0.4, 0.5) is 10.5 Å². The Labute approximate surface area is 163 Å². The van der Waals surface area contributed by atoms with Crippen LogP contribution in [0.1, 0.15) is 30.1 Å². The molecule has 0 radical (unpaired) electrons. The number of urea groups is 1. The minimum atomic E-state index is -0.261. The molecule has 0 aliphatic carbocycles. The van der Waals surface area contributed by atoms with E-state index >= 15 is 0 Å². The molecule has 1 aliphatic heterocycles. The molecular weight excluding hydrogens is 354 g/mol. The zero-order valence-corrected chi connectivity index (χ0v) is 15.8. The molecule has 3 aromatic rings. The topological polar surface area (TPSA) is 83.0 Å². The van der Waals surface area contributed by atoms with E-state index in [4.69, 9.17) is 0 Å². The normalized spacial score (nSPS) is 16.8. The van der Waals surface area contributed by atoms with Gasteiger partial charge in [-0.05, 0) is 43.5 Å². The number of para-hydroxylation sites is 2. The zero-order chi connectivity index (χ0) is 19.5. The molecule has 144 valence electrons. The maximum absolute atomic E-state index is 12.8. The Kier molecular flexibility index (Phi) is 4.97. The van der Waals surface area contributed by atoms with E-state index in [1.54, 1.807) is 9.47 Å². The monoisotopic (exact) mass is 377 g/mol. The molecule has 1 aromatic heterocycles. The van der Waals surface area contributed by atoms with Crippen molar-refractivity contribution in [2.24, 2.45) is 0 Å². The number of aromatic amines is 1. The van der Waals surface area contributed by atoms with E-state index in [1.165, 1.54) is 0 Å². The van der Waals surface area contributed by atoms with Crippen molar-refractivity contribution in [1.29, 1.82) is 0 Å². The lowest BCUT2D eigenvalue weighted by molar-refractivity contribution is 0.191. The van der Waals surface area contributed by atoms with Gasteiger partial charge in [0, 0.05) is 24.7 Å². The molecule has 2 amide bonds. The van der Waals surface area contributed by atoms with Gasteiger partial charge in [0.1, 0.15) is 5.82 Å². The molecule has 7 nitrogen and oxygen atoms in total. The van der Waals surface area contributed by atoms with Crippen molar-refractivity contribution >= 4 is 11.7 Å². The molecule has 28 heavy (non-hydrogen) atoms. The van der Waals surface area contributed by atoms with Crippen LogP contribution in [0.15, 0.2) is 59.4 Å². The first-order valence-electron chi connectivity index (χ1n) is 9.48. The fourth-order valence-corrected chi connectivity index (χ4v) is 3.69. The van der Waals surface area contributed by atoms with Crippen LogP contribution in [0.2, 0.25) is 0 Å². The molecule has 2 heterocycles. The Hall–Kier alpha value is -3.35. The number of rotatable bonds is 3. The average Bonchev–Trinajstić information content (AvgIpc) is 3.12. The van der Waals surface area contributed by atoms with Crippen LogP contribution in [0.25, 0.3) is 5.69 Å². The van der Waals surface area contributed by atoms with Crippen molar-refractivity contribution in [2.45, 2.75) is 25.7 Å². The molecule has 0 saturated carbocycles. The second-order valence-electron chi connectivity index (χ2n) is 7.09. The molecular formula is C21H23N5O2. The average molecular weight is 377 g/mol. The summed E-state index contributed by atoms with van der Waals surface area (Å²) in [6.07, 6.45) is 1.74. The minimum Gasteiger partial charge on any atom is -0.324 e. The molecule has 7 heteroatoms. The predicted molar refractivity (Wildman–Crippen MR) is 108 cm³/mol. The van der Waals surface area contributed by atoms with Gasteiger partial charge in [0.15, 0.2) is 0 Å². The van der Waals surface area contributed by atoms with Gasteiger partial charge in [-0.3, -0.25) is 0 Å². The van der Waals surface area contributed by atoms with Crippen LogP contribution in [0.3, 0.4) is 0 Å². The lowest BCUT2D eigenvalue weighted by atomic mass is 9.97. The number of amides is 2. The zero-order valence-electron chi connectivity index (χ0n) is 15.8. The van der Waals surface area contributed by atoms with Crippen molar-refractivity contribution in [2.75, 3.05) is 18.4 Å². The molecule has 4 rings (SSSR count). The Morgan fingerprint density at radius 2 is 1.89 bits per heavy atom. The summed E-state index contributed by atoms with van der Waals surface area (Å²) < 4.78 is 1.60. The molecule has 0 spiro atoms. The van der Waals surface area contributed by atoms with Gasteiger partial charge in [0.2, 0.25) is 0 Å². The fraction of sp³-hybridized carbons (Fsp3) is 0.286. The second kappa shape index (κ2) is 7.72. The van der Waals surface area contributed by atoms with Gasteiger partial charge in [0.25, 0.3) is 0 Å². The smallest absolute Gasteiger partial charge is 0.324 e. The molecule has 1 aliphatic rings. The van der Waals surface area contributed by atoms with E-state index in [2.05, 4.69) is 15.5 Å². The summed E-state index contributed by atoms with van der Waals surface area (Å²) in [4.78, 5) is 26.9. The number of carbonyl (C=O) groups excluding carboxylic acids is 1. The summed E-state index contributed by atoms with van der Waals surface area (Å²) in [6.45, 7) is 3.18. The first-order chi connectivity index (χ1) is 13.6. The highest BCUT2D eigenvalue weighted by atomic mass is 16.2. The second-order valence-corrected chi connectivity index (χ2v) is 7.09. The van der Waals surface area contributed by atoms with Crippen LogP contribution in [0, 0.1) is 6.92 Å². The quantitative estimate of drug-likeness (QED) is 0.735. The van der Waals surface area contributed by atoms with Gasteiger partial charge < -0.3 is 10.2 Å². The number of H-pyrrole nitrogens is 1. The van der Waals surface area contributed by atoms with Crippen molar-refractivity contribution in [3.63, 3.8) is 0 Å². The van der Waals surface area contributed by atoms with Gasteiger partial charge in [-0.25, -0.2) is 19.3 Å². The van der Waals surface area contributed by atoms with Gasteiger partial charge in [0.05, 0.1) is 5.69 Å². The molecule has 2 N–H and O–H groups in total. The Bertz CT molecular complexity index is 1020. The largest absolute Gasteiger partial charge is 0.347 e. The highest BCUT2D eigenvalue weighted by molar-refractivity contribution is 5.90. The molecule has 0 unspecified atom stereocenters. The van der Waals surface area contributed by atoms with Crippen molar-refractivity contribution < 1.29 is 4.79 Å². The molecule has 0 bridgehead atoms. The maximum atomic E-state index is 12.8. The van der Waals surface area contributed by atoms with Crippen molar-refractivity contribution in [3.05, 3.63) is 76.5 Å². The third-order valence-corrected chi connectivity index (χ3v) is 5.17. The van der Waals surface area contributed by atoms with E-state index in [9.17, 15) is 9.59 Å². The van der Waals surface area contributed by atoms with Gasteiger partial charge in [-0.2, -0.15) is 5.10 Å². The summed E-state index contributed by atoms with van der Waals surface area (Å²) in [5.41, 5.74) is 2.35.